The molecule has 0 amide bonds. The van der Waals surface area contributed by atoms with Gasteiger partial charge in [0, 0.05) is 12.3 Å². The lowest BCUT2D eigenvalue weighted by molar-refractivity contribution is 0.131. The first-order chi connectivity index (χ1) is 7.24. The average molecular weight is 211 g/mol. The van der Waals surface area contributed by atoms with Crippen molar-refractivity contribution in [2.45, 2.75) is 19.4 Å². The molecule has 0 heterocycles. The summed E-state index contributed by atoms with van der Waals surface area (Å²) < 4.78 is 25.5. The van der Waals surface area contributed by atoms with E-state index in [1.807, 2.05) is 0 Å². The molecule has 0 unspecified atom stereocenters. The minimum atomic E-state index is -0.597. The van der Waals surface area contributed by atoms with Gasteiger partial charge in [0.05, 0.1) is 0 Å². The van der Waals surface area contributed by atoms with E-state index in [4.69, 9.17) is 4.84 Å². The molecule has 80 valence electrons. The number of hydrogen-bond donors (Lipinski definition) is 0. The normalized spacial score (nSPS) is 15.9. The van der Waals surface area contributed by atoms with Gasteiger partial charge in [0.25, 0.3) is 0 Å². The average Bonchev–Trinajstić information content (AvgIpc) is 2.94. The Morgan fingerprint density at radius 2 is 1.93 bits per heavy atom. The predicted molar refractivity (Wildman–Crippen MR) is 52.4 cm³/mol. The fraction of sp³-hybridized carbons (Fsp3) is 0.364. The molecule has 1 fully saturated rings. The van der Waals surface area contributed by atoms with Crippen LogP contribution in [0.15, 0.2) is 23.4 Å². The summed E-state index contributed by atoms with van der Waals surface area (Å²) in [5.74, 6) is -0.659. The number of rotatable bonds is 4. The SMILES string of the molecule is Fc1cc(F)cc(CON=CC2CC2)c1. The first kappa shape index (κ1) is 10.1. The van der Waals surface area contributed by atoms with Crippen molar-refractivity contribution in [2.75, 3.05) is 0 Å². The number of halogens is 2. The fourth-order valence-electron chi connectivity index (χ4n) is 1.18. The van der Waals surface area contributed by atoms with E-state index in [0.29, 0.717) is 11.5 Å². The van der Waals surface area contributed by atoms with Gasteiger partial charge in [-0.15, -0.1) is 0 Å². The minimum Gasteiger partial charge on any atom is -0.391 e. The van der Waals surface area contributed by atoms with Crippen LogP contribution in [-0.2, 0) is 11.4 Å². The molecular weight excluding hydrogens is 200 g/mol. The third kappa shape index (κ3) is 3.31. The van der Waals surface area contributed by atoms with Gasteiger partial charge < -0.3 is 4.84 Å². The highest BCUT2D eigenvalue weighted by Gasteiger charge is 2.18. The predicted octanol–water partition coefficient (Wildman–Crippen LogP) is 2.88. The van der Waals surface area contributed by atoms with Gasteiger partial charge in [-0.25, -0.2) is 8.78 Å². The van der Waals surface area contributed by atoms with Gasteiger partial charge in [-0.2, -0.15) is 0 Å². The highest BCUT2D eigenvalue weighted by molar-refractivity contribution is 5.62. The summed E-state index contributed by atoms with van der Waals surface area (Å²) >= 11 is 0. The van der Waals surface area contributed by atoms with E-state index in [9.17, 15) is 8.78 Å². The zero-order chi connectivity index (χ0) is 10.7. The molecule has 0 aromatic heterocycles. The number of oxime groups is 1. The molecule has 0 bridgehead atoms. The van der Waals surface area contributed by atoms with Gasteiger partial charge in [-0.3, -0.25) is 0 Å². The van der Waals surface area contributed by atoms with E-state index in [2.05, 4.69) is 5.16 Å². The molecule has 1 saturated carbocycles. The molecule has 15 heavy (non-hydrogen) atoms. The Hall–Kier alpha value is -1.45. The van der Waals surface area contributed by atoms with E-state index < -0.39 is 11.6 Å². The van der Waals surface area contributed by atoms with Gasteiger partial charge in [0.1, 0.15) is 18.2 Å². The second-order valence-electron chi connectivity index (χ2n) is 3.64. The third-order valence-corrected chi connectivity index (χ3v) is 2.12. The highest BCUT2D eigenvalue weighted by Crippen LogP contribution is 2.26. The van der Waals surface area contributed by atoms with Gasteiger partial charge >= 0.3 is 0 Å². The largest absolute Gasteiger partial charge is 0.391 e. The zero-order valence-corrected chi connectivity index (χ0v) is 8.12. The molecule has 4 heteroatoms. The van der Waals surface area contributed by atoms with Crippen LogP contribution < -0.4 is 0 Å². The summed E-state index contributed by atoms with van der Waals surface area (Å²) in [7, 11) is 0. The minimum absolute atomic E-state index is 0.0951. The van der Waals surface area contributed by atoms with Crippen LogP contribution in [0.4, 0.5) is 8.78 Å². The summed E-state index contributed by atoms with van der Waals surface area (Å²) in [6, 6.07) is 3.29. The molecule has 1 aromatic rings. The maximum absolute atomic E-state index is 12.7. The van der Waals surface area contributed by atoms with Crippen LogP contribution in [0.1, 0.15) is 18.4 Å². The maximum Gasteiger partial charge on any atom is 0.142 e. The smallest absolute Gasteiger partial charge is 0.142 e. The van der Waals surface area contributed by atoms with Gasteiger partial charge in [-0.05, 0) is 36.5 Å². The molecule has 1 aliphatic rings. The first-order valence-electron chi connectivity index (χ1n) is 4.84. The lowest BCUT2D eigenvalue weighted by Crippen LogP contribution is -1.91. The summed E-state index contributed by atoms with van der Waals surface area (Å²) in [6.45, 7) is 0.0951. The van der Waals surface area contributed by atoms with Crippen molar-refractivity contribution >= 4 is 6.21 Å². The molecule has 0 radical (unpaired) electrons. The molecule has 0 saturated heterocycles. The Morgan fingerprint density at radius 3 is 2.53 bits per heavy atom. The van der Waals surface area contributed by atoms with Crippen LogP contribution in [0.3, 0.4) is 0 Å². The van der Waals surface area contributed by atoms with E-state index in [-0.39, 0.29) is 6.61 Å². The topological polar surface area (TPSA) is 21.6 Å². The quantitative estimate of drug-likeness (QED) is 0.554. The zero-order valence-electron chi connectivity index (χ0n) is 8.12. The van der Waals surface area contributed by atoms with Crippen molar-refractivity contribution in [1.82, 2.24) is 0 Å². The number of hydrogen-bond acceptors (Lipinski definition) is 2. The number of nitrogens with zero attached hydrogens (tertiary/aromatic N) is 1. The molecule has 2 rings (SSSR count). The lowest BCUT2D eigenvalue weighted by atomic mass is 10.2. The van der Waals surface area contributed by atoms with Crippen LogP contribution in [0.5, 0.6) is 0 Å². The van der Waals surface area contributed by atoms with Crippen molar-refractivity contribution in [1.29, 1.82) is 0 Å². The molecule has 0 aliphatic heterocycles. The Balaban J connectivity index is 1.86. The molecule has 2 nitrogen and oxygen atoms in total. The van der Waals surface area contributed by atoms with Gasteiger partial charge in [0.2, 0.25) is 0 Å². The summed E-state index contributed by atoms with van der Waals surface area (Å²) in [6.07, 6.45) is 4.04. The molecule has 1 aliphatic carbocycles. The summed E-state index contributed by atoms with van der Waals surface area (Å²) in [5, 5.41) is 3.72. The summed E-state index contributed by atoms with van der Waals surface area (Å²) in [4.78, 5) is 4.92. The molecule has 0 atom stereocenters. The molecular formula is C11H11F2NO. The Labute approximate surface area is 86.5 Å². The van der Waals surface area contributed by atoms with Crippen molar-refractivity contribution in [3.63, 3.8) is 0 Å². The van der Waals surface area contributed by atoms with E-state index in [1.54, 1.807) is 6.21 Å². The van der Waals surface area contributed by atoms with Crippen LogP contribution in [0, 0.1) is 17.6 Å². The molecule has 1 aromatic carbocycles. The van der Waals surface area contributed by atoms with Crippen LogP contribution in [0.25, 0.3) is 0 Å². The van der Waals surface area contributed by atoms with Crippen molar-refractivity contribution in [2.24, 2.45) is 11.1 Å². The highest BCUT2D eigenvalue weighted by atomic mass is 19.1. The van der Waals surface area contributed by atoms with Crippen LogP contribution in [0.2, 0.25) is 0 Å². The van der Waals surface area contributed by atoms with E-state index >= 15 is 0 Å². The van der Waals surface area contributed by atoms with Crippen molar-refractivity contribution in [3.8, 4) is 0 Å². The van der Waals surface area contributed by atoms with Crippen LogP contribution in [-0.4, -0.2) is 6.21 Å². The molecule has 0 N–H and O–H groups in total. The monoisotopic (exact) mass is 211 g/mol. The third-order valence-electron chi connectivity index (χ3n) is 2.12. The summed E-state index contributed by atoms with van der Waals surface area (Å²) in [5.41, 5.74) is 0.445. The Kier molecular flexibility index (Phi) is 2.94. The maximum atomic E-state index is 12.7. The standard InChI is InChI=1S/C11H11F2NO/c12-10-3-9(4-11(13)5-10)7-15-14-6-8-1-2-8/h3-6,8H,1-2,7H2. The van der Waals surface area contributed by atoms with E-state index in [0.717, 1.165) is 18.9 Å². The van der Waals surface area contributed by atoms with Gasteiger partial charge in [-0.1, -0.05) is 5.16 Å². The Morgan fingerprint density at radius 1 is 1.27 bits per heavy atom. The van der Waals surface area contributed by atoms with Crippen molar-refractivity contribution in [3.05, 3.63) is 35.4 Å². The second-order valence-corrected chi connectivity index (χ2v) is 3.64. The lowest BCUT2D eigenvalue weighted by Gasteiger charge is -2.00. The molecule has 0 spiro atoms. The number of benzene rings is 1. The second kappa shape index (κ2) is 4.38. The first-order valence-corrected chi connectivity index (χ1v) is 4.84. The van der Waals surface area contributed by atoms with Gasteiger partial charge in [0.15, 0.2) is 0 Å². The van der Waals surface area contributed by atoms with Crippen LogP contribution >= 0.6 is 0 Å². The Bertz CT molecular complexity index is 355. The van der Waals surface area contributed by atoms with E-state index in [1.165, 1.54) is 12.1 Å². The fourth-order valence-corrected chi connectivity index (χ4v) is 1.18. The van der Waals surface area contributed by atoms with Crippen molar-refractivity contribution < 1.29 is 13.6 Å².